The summed E-state index contributed by atoms with van der Waals surface area (Å²) in [6.45, 7) is -0.260. The zero-order valence-corrected chi connectivity index (χ0v) is 22.3. The molecule has 3 aromatic carbocycles. The summed E-state index contributed by atoms with van der Waals surface area (Å²) >= 11 is 13.8. The van der Waals surface area contributed by atoms with E-state index in [1.165, 1.54) is 19.4 Å². The molecular formula is C24H19Cl2IN4O5. The van der Waals surface area contributed by atoms with E-state index in [1.807, 2.05) is 22.6 Å². The summed E-state index contributed by atoms with van der Waals surface area (Å²) in [4.78, 5) is 36.3. The number of benzene rings is 3. The number of hydrogen-bond acceptors (Lipinski definition) is 6. The van der Waals surface area contributed by atoms with E-state index in [2.05, 4.69) is 21.2 Å². The molecule has 0 fully saturated rings. The second-order valence-electron chi connectivity index (χ2n) is 7.04. The van der Waals surface area contributed by atoms with Crippen LogP contribution in [0.2, 0.25) is 10.0 Å². The number of ether oxygens (including phenoxy) is 2. The Hall–Kier alpha value is -3.35. The van der Waals surface area contributed by atoms with Gasteiger partial charge in [0.25, 0.3) is 5.91 Å². The van der Waals surface area contributed by atoms with Crippen molar-refractivity contribution in [2.75, 3.05) is 24.4 Å². The van der Waals surface area contributed by atoms with Gasteiger partial charge in [-0.25, -0.2) is 5.43 Å². The van der Waals surface area contributed by atoms with Crippen LogP contribution < -0.4 is 25.5 Å². The lowest BCUT2D eigenvalue weighted by Gasteiger charge is -2.13. The number of carbonyl (C=O) groups excluding carboxylic acids is 3. The van der Waals surface area contributed by atoms with Gasteiger partial charge in [-0.3, -0.25) is 14.4 Å². The van der Waals surface area contributed by atoms with Crippen molar-refractivity contribution < 1.29 is 23.9 Å². The minimum atomic E-state index is -0.960. The zero-order chi connectivity index (χ0) is 26.1. The van der Waals surface area contributed by atoms with Crippen molar-refractivity contribution in [2.45, 2.75) is 0 Å². The molecule has 0 aliphatic rings. The average molecular weight is 641 g/mol. The van der Waals surface area contributed by atoms with Gasteiger partial charge in [0.2, 0.25) is 0 Å². The normalized spacial score (nSPS) is 10.6. The van der Waals surface area contributed by atoms with Crippen molar-refractivity contribution in [1.82, 2.24) is 5.43 Å². The van der Waals surface area contributed by atoms with Crippen molar-refractivity contribution in [3.8, 4) is 11.5 Å². The Bertz CT molecular complexity index is 1320. The first-order valence-corrected chi connectivity index (χ1v) is 12.0. The second-order valence-corrected chi connectivity index (χ2v) is 9.08. The highest BCUT2D eigenvalue weighted by molar-refractivity contribution is 14.1. The third kappa shape index (κ3) is 8.11. The fourth-order valence-corrected chi connectivity index (χ4v) is 3.99. The van der Waals surface area contributed by atoms with E-state index in [-0.39, 0.29) is 12.5 Å². The van der Waals surface area contributed by atoms with E-state index < -0.39 is 11.8 Å². The van der Waals surface area contributed by atoms with Crippen molar-refractivity contribution in [3.05, 3.63) is 79.8 Å². The Balaban J connectivity index is 1.58. The molecule has 9 nitrogen and oxygen atoms in total. The van der Waals surface area contributed by atoms with Gasteiger partial charge >= 0.3 is 11.8 Å². The van der Waals surface area contributed by atoms with Crippen LogP contribution in [-0.4, -0.2) is 37.7 Å². The van der Waals surface area contributed by atoms with E-state index in [0.717, 1.165) is 0 Å². The second kappa shape index (κ2) is 13.1. The van der Waals surface area contributed by atoms with Crippen LogP contribution in [0.1, 0.15) is 5.56 Å². The largest absolute Gasteiger partial charge is 0.493 e. The summed E-state index contributed by atoms with van der Waals surface area (Å²) in [5.41, 5.74) is 3.64. The first-order chi connectivity index (χ1) is 17.2. The molecule has 3 amide bonds. The molecule has 0 aromatic heterocycles. The Kier molecular flexibility index (Phi) is 9.91. The lowest BCUT2D eigenvalue weighted by atomic mass is 10.2. The summed E-state index contributed by atoms with van der Waals surface area (Å²) < 4.78 is 11.7. The summed E-state index contributed by atoms with van der Waals surface area (Å²) in [7, 11) is 1.45. The molecule has 0 bridgehead atoms. The maximum Gasteiger partial charge on any atom is 0.329 e. The Morgan fingerprint density at radius 2 is 1.58 bits per heavy atom. The number of hydrazone groups is 1. The highest BCUT2D eigenvalue weighted by atomic mass is 127. The standard InChI is InChI=1S/C24H19Cl2IN4O5/c1-35-20-9-14(12-28-31-24(34)23(33)30-18-7-3-5-16(26)11-18)8-19(27)22(20)36-13-21(32)29-17-6-2-4-15(25)10-17/h2-12H,13H2,1H3,(H,29,32)(H,30,33)(H,31,34)/b28-12-. The van der Waals surface area contributed by atoms with Gasteiger partial charge in [0.05, 0.1) is 16.9 Å². The minimum Gasteiger partial charge on any atom is -0.493 e. The van der Waals surface area contributed by atoms with Crippen LogP contribution in [0.3, 0.4) is 0 Å². The van der Waals surface area contributed by atoms with E-state index >= 15 is 0 Å². The number of nitrogens with one attached hydrogen (secondary N) is 3. The third-order valence-electron chi connectivity index (χ3n) is 4.38. The smallest absolute Gasteiger partial charge is 0.329 e. The van der Waals surface area contributed by atoms with E-state index in [1.54, 1.807) is 54.6 Å². The predicted molar refractivity (Wildman–Crippen MR) is 147 cm³/mol. The van der Waals surface area contributed by atoms with Gasteiger partial charge in [-0.15, -0.1) is 0 Å². The summed E-state index contributed by atoms with van der Waals surface area (Å²) in [6.07, 6.45) is 1.34. The minimum absolute atomic E-state index is 0.260. The molecule has 0 atom stereocenters. The van der Waals surface area contributed by atoms with Crippen molar-refractivity contribution >= 4 is 81.1 Å². The predicted octanol–water partition coefficient (Wildman–Crippen LogP) is 4.71. The average Bonchev–Trinajstić information content (AvgIpc) is 2.83. The molecule has 0 unspecified atom stereocenters. The number of halogens is 3. The quantitative estimate of drug-likeness (QED) is 0.143. The topological polar surface area (TPSA) is 118 Å². The van der Waals surface area contributed by atoms with Gasteiger partial charge in [-0.2, -0.15) is 5.10 Å². The van der Waals surface area contributed by atoms with Crippen molar-refractivity contribution in [3.63, 3.8) is 0 Å². The van der Waals surface area contributed by atoms with E-state index in [4.69, 9.17) is 32.7 Å². The van der Waals surface area contributed by atoms with Gasteiger partial charge in [0.15, 0.2) is 18.1 Å². The van der Waals surface area contributed by atoms with Crippen LogP contribution in [0.15, 0.2) is 65.8 Å². The Morgan fingerprint density at radius 3 is 2.19 bits per heavy atom. The molecule has 36 heavy (non-hydrogen) atoms. The fraction of sp³-hybridized carbons (Fsp3) is 0.0833. The van der Waals surface area contributed by atoms with Gasteiger partial charge in [0.1, 0.15) is 0 Å². The summed E-state index contributed by atoms with van der Waals surface area (Å²) in [6, 6.07) is 16.5. The number of amides is 3. The van der Waals surface area contributed by atoms with Crippen LogP contribution in [0.4, 0.5) is 11.4 Å². The maximum absolute atomic E-state index is 12.2. The Labute approximate surface area is 230 Å². The number of rotatable bonds is 8. The van der Waals surface area contributed by atoms with Crippen LogP contribution in [0, 0.1) is 3.57 Å². The number of carbonyl (C=O) groups is 3. The molecule has 0 aliphatic heterocycles. The lowest BCUT2D eigenvalue weighted by Crippen LogP contribution is -2.32. The van der Waals surface area contributed by atoms with Crippen molar-refractivity contribution in [1.29, 1.82) is 0 Å². The third-order valence-corrected chi connectivity index (χ3v) is 5.65. The molecule has 3 aromatic rings. The van der Waals surface area contributed by atoms with Crippen LogP contribution in [-0.2, 0) is 14.4 Å². The Morgan fingerprint density at radius 1 is 0.944 bits per heavy atom. The van der Waals surface area contributed by atoms with Gasteiger partial charge in [-0.05, 0) is 76.7 Å². The first-order valence-electron chi connectivity index (χ1n) is 10.2. The van der Waals surface area contributed by atoms with Crippen LogP contribution >= 0.6 is 45.8 Å². The molecule has 0 saturated carbocycles. The molecule has 0 saturated heterocycles. The SMILES string of the molecule is COc1cc(/C=N\NC(=O)C(=O)Nc2cccc(Cl)c2)cc(I)c1OCC(=O)Nc1cccc(Cl)c1. The summed E-state index contributed by atoms with van der Waals surface area (Å²) in [5.74, 6) is -1.52. The molecule has 3 N–H and O–H groups in total. The molecule has 0 radical (unpaired) electrons. The van der Waals surface area contributed by atoms with Gasteiger partial charge in [0, 0.05) is 21.4 Å². The highest BCUT2D eigenvalue weighted by Gasteiger charge is 2.15. The molecule has 12 heteroatoms. The van der Waals surface area contributed by atoms with Gasteiger partial charge in [-0.1, -0.05) is 35.3 Å². The number of hydrogen-bond donors (Lipinski definition) is 3. The van der Waals surface area contributed by atoms with Crippen molar-refractivity contribution in [2.24, 2.45) is 5.10 Å². The van der Waals surface area contributed by atoms with Crippen LogP contribution in [0.5, 0.6) is 11.5 Å². The molecule has 0 spiro atoms. The highest BCUT2D eigenvalue weighted by Crippen LogP contribution is 2.33. The molecule has 0 heterocycles. The molecule has 0 aliphatic carbocycles. The molecule has 3 rings (SSSR count). The molecular weight excluding hydrogens is 622 g/mol. The maximum atomic E-state index is 12.2. The zero-order valence-electron chi connectivity index (χ0n) is 18.7. The number of methoxy groups -OCH3 is 1. The van der Waals surface area contributed by atoms with Crippen LogP contribution in [0.25, 0.3) is 0 Å². The number of nitrogens with zero attached hydrogens (tertiary/aromatic N) is 1. The van der Waals surface area contributed by atoms with Gasteiger partial charge < -0.3 is 20.1 Å². The fourth-order valence-electron chi connectivity index (χ4n) is 2.83. The summed E-state index contributed by atoms with van der Waals surface area (Å²) in [5, 5.41) is 9.85. The lowest BCUT2D eigenvalue weighted by molar-refractivity contribution is -0.136. The van der Waals surface area contributed by atoms with E-state index in [9.17, 15) is 14.4 Å². The molecule has 186 valence electrons. The monoisotopic (exact) mass is 640 g/mol. The number of anilines is 2. The van der Waals surface area contributed by atoms with E-state index in [0.29, 0.717) is 42.1 Å². The first kappa shape index (κ1) is 27.2.